The predicted molar refractivity (Wildman–Crippen MR) is 157 cm³/mol. The highest BCUT2D eigenvalue weighted by Crippen LogP contribution is 2.29. The standard InChI is InChI=1S/C29H28ClN3O5S2/c30-23-8-4-5-20(17-23)18-33(28(34)29(35)36)19-25-13-14-27(39-25)40(37,38)32-16-15-26(21-6-2-1-3-7-21)22-9-11-24(31)12-10-22/h1-14,17,26,32H,15-16,18-19,31H2,(H,35,36). The molecule has 4 rings (SSSR count). The summed E-state index contributed by atoms with van der Waals surface area (Å²) in [5.74, 6) is -2.72. The number of sulfonamides is 1. The van der Waals surface area contributed by atoms with Crippen molar-refractivity contribution in [2.45, 2.75) is 29.6 Å². The minimum absolute atomic E-state index is 0.00986. The van der Waals surface area contributed by atoms with Crippen LogP contribution in [0.25, 0.3) is 0 Å². The molecular formula is C29H28ClN3O5S2. The van der Waals surface area contributed by atoms with Crippen LogP contribution < -0.4 is 10.5 Å². The average Bonchev–Trinajstić information content (AvgIpc) is 3.41. The van der Waals surface area contributed by atoms with E-state index in [1.807, 2.05) is 54.6 Å². The van der Waals surface area contributed by atoms with Crippen molar-refractivity contribution >= 4 is 50.5 Å². The van der Waals surface area contributed by atoms with Crippen LogP contribution in [0.2, 0.25) is 5.02 Å². The van der Waals surface area contributed by atoms with Crippen molar-refractivity contribution in [2.75, 3.05) is 12.3 Å². The molecule has 4 N–H and O–H groups in total. The van der Waals surface area contributed by atoms with Crippen molar-refractivity contribution in [2.24, 2.45) is 0 Å². The lowest BCUT2D eigenvalue weighted by molar-refractivity contribution is -0.156. The van der Waals surface area contributed by atoms with Crippen molar-refractivity contribution in [3.8, 4) is 0 Å². The number of nitrogens with two attached hydrogens (primary N) is 1. The molecule has 1 unspecified atom stereocenters. The molecule has 40 heavy (non-hydrogen) atoms. The number of aliphatic carboxylic acids is 1. The minimum atomic E-state index is -3.83. The number of hydrogen-bond donors (Lipinski definition) is 3. The normalized spacial score (nSPS) is 12.1. The molecule has 0 bridgehead atoms. The number of nitrogen functional groups attached to an aromatic ring is 1. The molecule has 0 saturated heterocycles. The maximum Gasteiger partial charge on any atom is 0.394 e. The van der Waals surface area contributed by atoms with E-state index in [-0.39, 0.29) is 29.8 Å². The number of halogens is 1. The van der Waals surface area contributed by atoms with Crippen molar-refractivity contribution in [1.82, 2.24) is 9.62 Å². The van der Waals surface area contributed by atoms with Crippen LogP contribution in [0.15, 0.2) is 95.2 Å². The van der Waals surface area contributed by atoms with E-state index in [4.69, 9.17) is 17.3 Å². The zero-order valence-corrected chi connectivity index (χ0v) is 23.8. The minimum Gasteiger partial charge on any atom is -0.474 e. The molecule has 0 radical (unpaired) electrons. The predicted octanol–water partition coefficient (Wildman–Crippen LogP) is 5.10. The number of benzene rings is 3. The Morgan fingerprint density at radius 2 is 1.62 bits per heavy atom. The Bertz CT molecular complexity index is 1570. The van der Waals surface area contributed by atoms with Gasteiger partial charge in [0.05, 0.1) is 6.54 Å². The number of carbonyl (C=O) groups is 2. The summed E-state index contributed by atoms with van der Waals surface area (Å²) >= 11 is 7.01. The molecule has 0 saturated carbocycles. The van der Waals surface area contributed by atoms with Crippen LogP contribution in [0, 0.1) is 0 Å². The SMILES string of the molecule is Nc1ccc(C(CCNS(=O)(=O)c2ccc(CN(Cc3cccc(Cl)c3)C(=O)C(=O)O)s2)c2ccccc2)cc1. The summed E-state index contributed by atoms with van der Waals surface area (Å²) in [7, 11) is -3.83. The molecule has 208 valence electrons. The number of carbonyl (C=O) groups excluding carboxylic acids is 1. The van der Waals surface area contributed by atoms with E-state index in [1.165, 1.54) is 6.07 Å². The first-order valence-corrected chi connectivity index (χ1v) is 15.1. The first-order chi connectivity index (χ1) is 19.1. The fraction of sp³-hybridized carbons (Fsp3) is 0.172. The number of nitrogens with zero attached hydrogens (tertiary/aromatic N) is 1. The van der Waals surface area contributed by atoms with Crippen LogP contribution in [0.5, 0.6) is 0 Å². The molecule has 1 amide bonds. The lowest BCUT2D eigenvalue weighted by Crippen LogP contribution is -2.35. The summed E-state index contributed by atoms with van der Waals surface area (Å²) in [5.41, 5.74) is 9.25. The van der Waals surface area contributed by atoms with Crippen LogP contribution >= 0.6 is 22.9 Å². The largest absolute Gasteiger partial charge is 0.474 e. The third-order valence-corrected chi connectivity index (χ3v) is 9.51. The molecule has 8 nitrogen and oxygen atoms in total. The van der Waals surface area contributed by atoms with Gasteiger partial charge in [0, 0.05) is 34.6 Å². The second-order valence-electron chi connectivity index (χ2n) is 9.13. The summed E-state index contributed by atoms with van der Waals surface area (Å²) in [5, 5.41) is 9.75. The Labute approximate surface area is 242 Å². The molecule has 1 aromatic heterocycles. The maximum atomic E-state index is 13.1. The number of carboxylic acid groups (broad SMARTS) is 1. The number of carboxylic acids is 1. The highest BCUT2D eigenvalue weighted by Gasteiger charge is 2.24. The van der Waals surface area contributed by atoms with Crippen molar-refractivity contribution in [1.29, 1.82) is 0 Å². The Balaban J connectivity index is 1.45. The molecule has 4 aromatic rings. The van der Waals surface area contributed by atoms with E-state index < -0.39 is 21.9 Å². The number of rotatable bonds is 11. The number of amides is 1. The number of nitrogens with one attached hydrogen (secondary N) is 1. The quantitative estimate of drug-likeness (QED) is 0.163. The molecule has 1 atom stereocenters. The average molecular weight is 598 g/mol. The highest BCUT2D eigenvalue weighted by atomic mass is 35.5. The van der Waals surface area contributed by atoms with Gasteiger partial charge in [0.2, 0.25) is 10.0 Å². The lowest BCUT2D eigenvalue weighted by Gasteiger charge is -2.20. The van der Waals surface area contributed by atoms with Gasteiger partial charge in [-0.1, -0.05) is 66.2 Å². The second kappa shape index (κ2) is 13.1. The van der Waals surface area contributed by atoms with Gasteiger partial charge in [-0.15, -0.1) is 11.3 Å². The summed E-state index contributed by atoms with van der Waals surface area (Å²) in [6.07, 6.45) is 0.520. The van der Waals surface area contributed by atoms with Crippen LogP contribution in [0.3, 0.4) is 0 Å². The zero-order valence-electron chi connectivity index (χ0n) is 21.4. The Kier molecular flexibility index (Phi) is 9.59. The highest BCUT2D eigenvalue weighted by molar-refractivity contribution is 7.91. The molecule has 3 aromatic carbocycles. The van der Waals surface area contributed by atoms with Crippen molar-refractivity contribution < 1.29 is 23.1 Å². The summed E-state index contributed by atoms with van der Waals surface area (Å²) in [6, 6.07) is 27.2. The molecule has 11 heteroatoms. The van der Waals surface area contributed by atoms with Gasteiger partial charge < -0.3 is 15.7 Å². The topological polar surface area (TPSA) is 130 Å². The third-order valence-electron chi connectivity index (χ3n) is 6.25. The van der Waals surface area contributed by atoms with Gasteiger partial charge in [-0.2, -0.15) is 0 Å². The first-order valence-electron chi connectivity index (χ1n) is 12.4. The van der Waals surface area contributed by atoms with Gasteiger partial charge >= 0.3 is 11.9 Å². The molecule has 0 spiro atoms. The van der Waals surface area contributed by atoms with Crippen LogP contribution in [-0.2, 0) is 32.7 Å². The van der Waals surface area contributed by atoms with E-state index in [9.17, 15) is 23.1 Å². The van der Waals surface area contributed by atoms with Gasteiger partial charge in [0.15, 0.2) is 0 Å². The summed E-state index contributed by atoms with van der Waals surface area (Å²) in [6.45, 7) is 0.138. The van der Waals surface area contributed by atoms with E-state index >= 15 is 0 Å². The van der Waals surface area contributed by atoms with Gasteiger partial charge in [0.25, 0.3) is 0 Å². The van der Waals surface area contributed by atoms with Crippen molar-refractivity contribution in [3.63, 3.8) is 0 Å². The molecular weight excluding hydrogens is 570 g/mol. The summed E-state index contributed by atoms with van der Waals surface area (Å²) in [4.78, 5) is 25.4. The van der Waals surface area contributed by atoms with E-state index in [0.717, 1.165) is 27.4 Å². The molecule has 1 heterocycles. The van der Waals surface area contributed by atoms with E-state index in [0.29, 0.717) is 27.6 Å². The van der Waals surface area contributed by atoms with Gasteiger partial charge in [-0.25, -0.2) is 17.9 Å². The third kappa shape index (κ3) is 7.70. The lowest BCUT2D eigenvalue weighted by atomic mass is 9.88. The maximum absolute atomic E-state index is 13.1. The van der Waals surface area contributed by atoms with Crippen LogP contribution in [0.4, 0.5) is 5.69 Å². The van der Waals surface area contributed by atoms with Crippen LogP contribution in [0.1, 0.15) is 33.9 Å². The monoisotopic (exact) mass is 597 g/mol. The second-order valence-corrected chi connectivity index (χ2v) is 12.7. The smallest absolute Gasteiger partial charge is 0.394 e. The van der Waals surface area contributed by atoms with Crippen LogP contribution in [-0.4, -0.2) is 36.8 Å². The number of hydrogen-bond acceptors (Lipinski definition) is 6. The fourth-order valence-corrected chi connectivity index (χ4v) is 6.99. The molecule has 0 aliphatic heterocycles. The first kappa shape index (κ1) is 29.3. The van der Waals surface area contributed by atoms with Gasteiger partial charge in [-0.3, -0.25) is 4.79 Å². The molecule has 0 aliphatic rings. The Hall–Kier alpha value is -3.70. The summed E-state index contributed by atoms with van der Waals surface area (Å²) < 4.78 is 28.9. The molecule has 0 fully saturated rings. The Morgan fingerprint density at radius 1 is 0.925 bits per heavy atom. The zero-order chi connectivity index (χ0) is 28.7. The van der Waals surface area contributed by atoms with E-state index in [1.54, 1.807) is 30.3 Å². The molecule has 0 aliphatic carbocycles. The number of anilines is 1. The Morgan fingerprint density at radius 3 is 2.30 bits per heavy atom. The van der Waals surface area contributed by atoms with Gasteiger partial charge in [-0.05, 0) is 59.5 Å². The van der Waals surface area contributed by atoms with Gasteiger partial charge in [0.1, 0.15) is 4.21 Å². The fourth-order valence-electron chi connectivity index (χ4n) is 4.31. The van der Waals surface area contributed by atoms with Crippen molar-refractivity contribution in [3.05, 3.63) is 118 Å². The van der Waals surface area contributed by atoms with E-state index in [2.05, 4.69) is 4.72 Å². The number of thiophene rings is 1.